The first-order valence-electron chi connectivity index (χ1n) is 26.5. The van der Waals surface area contributed by atoms with Crippen molar-refractivity contribution in [3.63, 3.8) is 0 Å². The highest BCUT2D eigenvalue weighted by Gasteiger charge is 2.18. The van der Waals surface area contributed by atoms with Crippen molar-refractivity contribution < 1.29 is 24.0 Å². The molecule has 9 heteroatoms. The van der Waals surface area contributed by atoms with Crippen LogP contribution in [0.2, 0.25) is 0 Å². The molecule has 3 amide bonds. The molecule has 0 atom stereocenters. The fraction of sp³-hybridized carbons (Fsp3) is 0.702. The molecule has 0 aromatic heterocycles. The Hall–Kier alpha value is -3.52. The van der Waals surface area contributed by atoms with E-state index in [9.17, 15) is 24.0 Å². The molecule has 2 aromatic carbocycles. The summed E-state index contributed by atoms with van der Waals surface area (Å²) in [6.45, 7) is 19.5. The second-order valence-electron chi connectivity index (χ2n) is 18.6. The molecule has 3 N–H and O–H groups in total. The van der Waals surface area contributed by atoms with Crippen LogP contribution in [0.1, 0.15) is 255 Å². The maximum Gasteiger partial charge on any atom is 0.224 e. The molecule has 0 spiro atoms. The van der Waals surface area contributed by atoms with Crippen molar-refractivity contribution in [2.75, 3.05) is 16.0 Å². The lowest BCUT2D eigenvalue weighted by molar-refractivity contribution is -0.119. The van der Waals surface area contributed by atoms with Crippen LogP contribution < -0.4 is 16.0 Å². The van der Waals surface area contributed by atoms with Gasteiger partial charge in [-0.2, -0.15) is 0 Å². The molecule has 0 aliphatic rings. The Morgan fingerprint density at radius 1 is 0.364 bits per heavy atom. The van der Waals surface area contributed by atoms with Crippen LogP contribution in [-0.2, 0) is 30.4 Å². The normalized spacial score (nSPS) is 10.6. The Labute approximate surface area is 409 Å². The van der Waals surface area contributed by atoms with E-state index in [0.717, 1.165) is 128 Å². The van der Waals surface area contributed by atoms with Crippen LogP contribution in [0.25, 0.3) is 0 Å². The Bertz CT molecular complexity index is 1440. The Morgan fingerprint density at radius 3 is 0.985 bits per heavy atom. The van der Waals surface area contributed by atoms with Gasteiger partial charge in [0.15, 0.2) is 0 Å². The third-order valence-electron chi connectivity index (χ3n) is 12.1. The van der Waals surface area contributed by atoms with E-state index in [1.54, 1.807) is 12.1 Å². The number of Topliss-reactive ketones (excluding diaryl/α,β-unsaturated/α-hetero) is 1. The summed E-state index contributed by atoms with van der Waals surface area (Å²) in [6.07, 6.45) is 29.3. The van der Waals surface area contributed by atoms with Gasteiger partial charge in [-0.05, 0) is 111 Å². The Kier molecular flexibility index (Phi) is 39.4. The van der Waals surface area contributed by atoms with Gasteiger partial charge in [0.25, 0.3) is 0 Å². The van der Waals surface area contributed by atoms with Crippen LogP contribution in [0.3, 0.4) is 0 Å². The predicted molar refractivity (Wildman–Crippen MR) is 284 cm³/mol. The zero-order valence-corrected chi connectivity index (χ0v) is 44.4. The third-order valence-corrected chi connectivity index (χ3v) is 12.3. The molecule has 2 aromatic rings. The number of ketones is 1. The number of rotatable bonds is 35. The summed E-state index contributed by atoms with van der Waals surface area (Å²) in [5, 5.41) is 8.90. The number of hydrogen-bond acceptors (Lipinski definition) is 5. The lowest BCUT2D eigenvalue weighted by Crippen LogP contribution is -2.19. The van der Waals surface area contributed by atoms with Gasteiger partial charge in [0.2, 0.25) is 23.0 Å². The molecule has 66 heavy (non-hydrogen) atoms. The largest absolute Gasteiger partial charge is 0.326 e. The quantitative estimate of drug-likeness (QED) is 0.0469. The smallest absolute Gasteiger partial charge is 0.224 e. The summed E-state index contributed by atoms with van der Waals surface area (Å²) in [6, 6.07) is 8.01. The topological polar surface area (TPSA) is 121 Å². The molecule has 0 aliphatic carbocycles. The highest BCUT2D eigenvalue weighted by molar-refractivity contribution is 6.63. The minimum absolute atomic E-state index is 0.0955. The van der Waals surface area contributed by atoms with Gasteiger partial charge in [-0.15, -0.1) is 0 Å². The highest BCUT2D eigenvalue weighted by atomic mass is 35.5. The number of carbonyl (C=O) groups is 5. The number of hydrogen-bond donors (Lipinski definition) is 3. The van der Waals surface area contributed by atoms with Gasteiger partial charge < -0.3 is 16.0 Å². The highest BCUT2D eigenvalue weighted by Crippen LogP contribution is 2.32. The fourth-order valence-electron chi connectivity index (χ4n) is 7.62. The van der Waals surface area contributed by atoms with Gasteiger partial charge in [0, 0.05) is 44.2 Å². The van der Waals surface area contributed by atoms with Crippen molar-refractivity contribution in [1.29, 1.82) is 0 Å². The van der Waals surface area contributed by atoms with Crippen molar-refractivity contribution in [2.45, 2.75) is 261 Å². The van der Waals surface area contributed by atoms with E-state index in [1.165, 1.54) is 54.4 Å². The van der Waals surface area contributed by atoms with E-state index in [1.807, 2.05) is 0 Å². The van der Waals surface area contributed by atoms with E-state index in [2.05, 4.69) is 90.4 Å². The van der Waals surface area contributed by atoms with Crippen LogP contribution in [-0.4, -0.2) is 28.7 Å². The van der Waals surface area contributed by atoms with E-state index in [0.29, 0.717) is 54.7 Å². The Morgan fingerprint density at radius 2 is 0.652 bits per heavy atom. The molecule has 0 bridgehead atoms. The summed E-state index contributed by atoms with van der Waals surface area (Å²) in [4.78, 5) is 62.4. The number of halogens is 1. The van der Waals surface area contributed by atoms with Gasteiger partial charge in [0.05, 0.1) is 11.4 Å². The van der Waals surface area contributed by atoms with Gasteiger partial charge in [-0.25, -0.2) is 0 Å². The number of benzene rings is 2. The van der Waals surface area contributed by atoms with Gasteiger partial charge >= 0.3 is 0 Å². The second kappa shape index (κ2) is 41.7. The van der Waals surface area contributed by atoms with Crippen LogP contribution in [0.4, 0.5) is 17.1 Å². The van der Waals surface area contributed by atoms with E-state index < -0.39 is 0 Å². The minimum atomic E-state index is -0.198. The number of amides is 3. The number of aryl methyl sites for hydroxylation is 4. The maximum atomic E-state index is 13.1. The predicted octanol–water partition coefficient (Wildman–Crippen LogP) is 17.1. The lowest BCUT2D eigenvalue weighted by atomic mass is 10.00. The van der Waals surface area contributed by atoms with Gasteiger partial charge in [0.1, 0.15) is 5.78 Å². The van der Waals surface area contributed by atoms with E-state index >= 15 is 0 Å². The van der Waals surface area contributed by atoms with Gasteiger partial charge in [-0.3, -0.25) is 24.0 Å². The van der Waals surface area contributed by atoms with Crippen molar-refractivity contribution >= 4 is 57.4 Å². The molecule has 0 radical (unpaired) electrons. The van der Waals surface area contributed by atoms with Gasteiger partial charge in [-0.1, -0.05) is 175 Å². The minimum Gasteiger partial charge on any atom is -0.326 e. The molecule has 0 saturated heterocycles. The van der Waals surface area contributed by atoms with Crippen molar-refractivity contribution in [3.05, 3.63) is 52.1 Å². The van der Waals surface area contributed by atoms with Crippen LogP contribution in [0, 0.1) is 27.7 Å². The SMILES string of the molecule is CCCCCCCC(=O)Cc1cc(NC(=O)CCCCCCC)c(NC(=O)CCCCCCC)cc1NC(=O)CCCCCCC.CCCCCCCC(=O)Cl.Cc1cc(C)c(C)cc1C. The molecule has 0 fully saturated rings. The summed E-state index contributed by atoms with van der Waals surface area (Å²) in [7, 11) is 0. The standard InChI is InChI=1S/C39H67N3O4.C10H14.C8H15ClO/c1-5-9-13-17-21-25-33(43)29-32-30-35(41-38(45)27-23-19-15-11-7-3)36(42-39(46)28-24-20-16-12-8-4)31-34(32)40-37(44)26-22-18-14-10-6-2;1-7-5-9(3)10(4)6-8(7)2;1-2-3-4-5-6-7-8(9)10/h30-31H,5-29H2,1-4H3,(H,40,44)(H,41,45)(H,42,46);5-6H,1-4H3;2-7H2,1H3. The zero-order chi connectivity index (χ0) is 49.4. The molecule has 0 unspecified atom stereocenters. The number of nitrogens with one attached hydrogen (secondary N) is 3. The van der Waals surface area contributed by atoms with Crippen molar-refractivity contribution in [3.8, 4) is 0 Å². The fourth-order valence-corrected chi connectivity index (χ4v) is 7.75. The molecule has 8 nitrogen and oxygen atoms in total. The Balaban J connectivity index is 0.00000172. The number of anilines is 3. The molecule has 0 heterocycles. The van der Waals surface area contributed by atoms with Crippen LogP contribution >= 0.6 is 11.6 Å². The second-order valence-corrected chi connectivity index (χ2v) is 19.0. The monoisotopic (exact) mass is 938 g/mol. The van der Waals surface area contributed by atoms with E-state index in [-0.39, 0.29) is 35.2 Å². The van der Waals surface area contributed by atoms with Crippen molar-refractivity contribution in [2.24, 2.45) is 0 Å². The molecule has 0 aliphatic heterocycles. The molecular weight excluding hydrogens is 842 g/mol. The number of unbranched alkanes of at least 4 members (excludes halogenated alkanes) is 20. The average molecular weight is 939 g/mol. The maximum absolute atomic E-state index is 13.1. The first-order chi connectivity index (χ1) is 31.7. The molecule has 2 rings (SSSR count). The summed E-state index contributed by atoms with van der Waals surface area (Å²) >= 11 is 5.15. The third kappa shape index (κ3) is 33.9. The summed E-state index contributed by atoms with van der Waals surface area (Å²) < 4.78 is 0. The van der Waals surface area contributed by atoms with Crippen LogP contribution in [0.5, 0.6) is 0 Å². The summed E-state index contributed by atoms with van der Waals surface area (Å²) in [5.74, 6) is -0.204. The van der Waals surface area contributed by atoms with Crippen molar-refractivity contribution in [1.82, 2.24) is 0 Å². The first kappa shape index (κ1) is 62.5. The molecular formula is C57H96ClN3O5. The molecule has 376 valence electrons. The van der Waals surface area contributed by atoms with Crippen LogP contribution in [0.15, 0.2) is 24.3 Å². The molecule has 0 saturated carbocycles. The number of carbonyl (C=O) groups excluding carboxylic acids is 5. The first-order valence-corrected chi connectivity index (χ1v) is 26.9. The zero-order valence-electron chi connectivity index (χ0n) is 43.6. The lowest BCUT2D eigenvalue weighted by Gasteiger charge is -2.19. The summed E-state index contributed by atoms with van der Waals surface area (Å²) in [5.41, 5.74) is 7.73. The average Bonchev–Trinajstić information content (AvgIpc) is 3.27. The van der Waals surface area contributed by atoms with E-state index in [4.69, 9.17) is 11.6 Å².